The molecule has 0 saturated heterocycles. The number of benzene rings is 3. The Morgan fingerprint density at radius 2 is 1.55 bits per heavy atom. The van der Waals surface area contributed by atoms with Gasteiger partial charge in [-0.05, 0) is 42.0 Å². The third-order valence-corrected chi connectivity index (χ3v) is 5.94. The van der Waals surface area contributed by atoms with E-state index in [2.05, 4.69) is 16.6 Å². The summed E-state index contributed by atoms with van der Waals surface area (Å²) in [5.74, 6) is 0. The monoisotopic (exact) mass is 450 g/mol. The van der Waals surface area contributed by atoms with Gasteiger partial charge in [-0.15, -0.1) is 0 Å². The van der Waals surface area contributed by atoms with E-state index in [0.29, 0.717) is 27.5 Å². The molecule has 0 fully saturated rings. The van der Waals surface area contributed by atoms with E-state index in [-0.39, 0.29) is 4.90 Å². The molecule has 1 N–H and O–H groups in total. The summed E-state index contributed by atoms with van der Waals surface area (Å²) in [6, 6.07) is 22.0. The van der Waals surface area contributed by atoms with Gasteiger partial charge in [0.2, 0.25) is 0 Å². The number of hydrogen-bond donors (Lipinski definition) is 1. The van der Waals surface area contributed by atoms with Crippen molar-refractivity contribution < 1.29 is 13.2 Å². The molecule has 1 amide bonds. The summed E-state index contributed by atoms with van der Waals surface area (Å²) < 4.78 is 24.7. The van der Waals surface area contributed by atoms with E-state index in [1.807, 2.05) is 30.3 Å². The fourth-order valence-corrected chi connectivity index (χ4v) is 3.76. The summed E-state index contributed by atoms with van der Waals surface area (Å²) in [6.45, 7) is 0. The maximum Gasteiger partial charge on any atom is 0.347 e. The quantitative estimate of drug-likeness (QED) is 0.466. The predicted molar refractivity (Wildman–Crippen MR) is 121 cm³/mol. The van der Waals surface area contributed by atoms with Crippen molar-refractivity contribution in [1.29, 1.82) is 0 Å². The van der Waals surface area contributed by atoms with Gasteiger partial charge in [0.1, 0.15) is 11.9 Å². The predicted octanol–water partition coefficient (Wildman–Crippen LogP) is 5.15. The number of nitrogens with one attached hydrogen (secondary N) is 1. The Balaban J connectivity index is 1.77. The van der Waals surface area contributed by atoms with Crippen LogP contribution in [0.25, 0.3) is 22.4 Å². The van der Waals surface area contributed by atoms with Crippen molar-refractivity contribution in [2.75, 3.05) is 11.6 Å². The number of carbonyl (C=O) groups is 1. The number of rotatable bonds is 4. The standard InChI is InChI=1S/C23H17ClN3O3S/c1-31(29,30)20-13-9-17(10-14-20)22-21(16-7-11-18(24)12-8-16)15-27(26-22)23(28)25-19-5-3-2-4-6-19/h2-14H,1H3,(H,25,28). The van der Waals surface area contributed by atoms with E-state index in [9.17, 15) is 13.2 Å². The fraction of sp³-hybridized carbons (Fsp3) is 0.0435. The molecule has 6 nitrogen and oxygen atoms in total. The van der Waals surface area contributed by atoms with Crippen molar-refractivity contribution in [3.63, 3.8) is 0 Å². The van der Waals surface area contributed by atoms with E-state index in [1.165, 1.54) is 12.1 Å². The molecule has 1 aromatic heterocycles. The molecular weight excluding hydrogens is 434 g/mol. The molecule has 155 valence electrons. The highest BCUT2D eigenvalue weighted by atomic mass is 35.5. The van der Waals surface area contributed by atoms with Crippen molar-refractivity contribution >= 4 is 33.2 Å². The lowest BCUT2D eigenvalue weighted by atomic mass is 10.0. The third-order valence-electron chi connectivity index (χ3n) is 4.56. The molecule has 31 heavy (non-hydrogen) atoms. The van der Waals surface area contributed by atoms with E-state index in [0.717, 1.165) is 16.5 Å². The molecule has 0 bridgehead atoms. The van der Waals surface area contributed by atoms with Gasteiger partial charge < -0.3 is 5.32 Å². The molecule has 0 aliphatic heterocycles. The second kappa shape index (κ2) is 8.37. The van der Waals surface area contributed by atoms with Crippen LogP contribution in [-0.4, -0.2) is 30.5 Å². The molecule has 3 aromatic carbocycles. The zero-order valence-corrected chi connectivity index (χ0v) is 18.0. The molecule has 1 radical (unpaired) electrons. The Morgan fingerprint density at radius 3 is 2.16 bits per heavy atom. The Morgan fingerprint density at radius 1 is 0.935 bits per heavy atom. The number of anilines is 1. The van der Waals surface area contributed by atoms with E-state index >= 15 is 0 Å². The van der Waals surface area contributed by atoms with Gasteiger partial charge in [-0.1, -0.05) is 54.1 Å². The normalized spacial score (nSPS) is 11.3. The topological polar surface area (TPSA) is 81.1 Å². The lowest BCUT2D eigenvalue weighted by Gasteiger charge is -2.04. The van der Waals surface area contributed by atoms with E-state index in [1.54, 1.807) is 36.4 Å². The number of hydrogen-bond acceptors (Lipinski definition) is 4. The molecule has 4 aromatic rings. The van der Waals surface area contributed by atoms with Crippen LogP contribution < -0.4 is 5.32 Å². The summed E-state index contributed by atoms with van der Waals surface area (Å²) in [5, 5.41) is 7.78. The van der Waals surface area contributed by atoms with Crippen molar-refractivity contribution in [1.82, 2.24) is 9.78 Å². The molecule has 0 unspecified atom stereocenters. The van der Waals surface area contributed by atoms with Gasteiger partial charge in [-0.2, -0.15) is 9.78 Å². The Bertz CT molecular complexity index is 1330. The van der Waals surface area contributed by atoms with Crippen LogP contribution in [-0.2, 0) is 9.84 Å². The highest BCUT2D eigenvalue weighted by molar-refractivity contribution is 7.90. The number of halogens is 1. The molecule has 0 atom stereocenters. The maximum absolute atomic E-state index is 12.7. The highest BCUT2D eigenvalue weighted by Gasteiger charge is 2.18. The van der Waals surface area contributed by atoms with Gasteiger partial charge >= 0.3 is 6.03 Å². The molecule has 4 rings (SSSR count). The van der Waals surface area contributed by atoms with E-state index < -0.39 is 15.9 Å². The first-order valence-electron chi connectivity index (χ1n) is 9.26. The zero-order valence-electron chi connectivity index (χ0n) is 16.4. The molecular formula is C23H17ClN3O3S. The molecule has 8 heteroatoms. The molecule has 0 spiro atoms. The van der Waals surface area contributed by atoms with Crippen LogP contribution in [0.4, 0.5) is 10.5 Å². The average molecular weight is 451 g/mol. The minimum Gasteiger partial charge on any atom is -0.306 e. The third kappa shape index (κ3) is 4.68. The second-order valence-electron chi connectivity index (χ2n) is 6.85. The van der Waals surface area contributed by atoms with Gasteiger partial charge in [-0.3, -0.25) is 0 Å². The summed E-state index contributed by atoms with van der Waals surface area (Å²) in [5.41, 5.74) is 3.13. The Hall–Kier alpha value is -3.42. The first kappa shape index (κ1) is 20.8. The van der Waals surface area contributed by atoms with Gasteiger partial charge in [0.25, 0.3) is 0 Å². The number of carbonyl (C=O) groups excluding carboxylic acids is 1. The number of para-hydroxylation sites is 1. The molecule has 0 aliphatic rings. The van der Waals surface area contributed by atoms with Crippen LogP contribution in [0, 0.1) is 6.20 Å². The van der Waals surface area contributed by atoms with Crippen LogP contribution in [0.5, 0.6) is 0 Å². The van der Waals surface area contributed by atoms with Crippen LogP contribution >= 0.6 is 11.6 Å². The van der Waals surface area contributed by atoms with Gasteiger partial charge in [-0.25, -0.2) is 13.2 Å². The largest absolute Gasteiger partial charge is 0.347 e. The number of aromatic nitrogens is 2. The summed E-state index contributed by atoms with van der Waals surface area (Å²) in [4.78, 5) is 12.9. The molecule has 1 heterocycles. The van der Waals surface area contributed by atoms with Crippen LogP contribution in [0.15, 0.2) is 83.8 Å². The highest BCUT2D eigenvalue weighted by Crippen LogP contribution is 2.32. The Kier molecular flexibility index (Phi) is 5.63. The van der Waals surface area contributed by atoms with Crippen LogP contribution in [0.1, 0.15) is 0 Å². The maximum atomic E-state index is 12.7. The minimum atomic E-state index is -3.32. The SMILES string of the molecule is CS(=O)(=O)c1ccc(-c2nn(C(=O)Nc3ccccc3)[c]c2-c2ccc(Cl)cc2)cc1. The van der Waals surface area contributed by atoms with Crippen molar-refractivity contribution in [3.8, 4) is 22.4 Å². The molecule has 0 aliphatic carbocycles. The van der Waals surface area contributed by atoms with Gasteiger partial charge in [0.05, 0.1) is 4.90 Å². The summed E-state index contributed by atoms with van der Waals surface area (Å²) in [7, 11) is -3.32. The van der Waals surface area contributed by atoms with Crippen molar-refractivity contribution in [2.24, 2.45) is 0 Å². The lowest BCUT2D eigenvalue weighted by molar-refractivity contribution is 0.251. The zero-order chi connectivity index (χ0) is 22.0. The summed E-state index contributed by atoms with van der Waals surface area (Å²) >= 11 is 6.01. The average Bonchev–Trinajstić information content (AvgIpc) is 3.20. The van der Waals surface area contributed by atoms with Crippen LogP contribution in [0.2, 0.25) is 5.02 Å². The van der Waals surface area contributed by atoms with Crippen LogP contribution in [0.3, 0.4) is 0 Å². The smallest absolute Gasteiger partial charge is 0.306 e. The molecule has 0 saturated carbocycles. The number of sulfone groups is 1. The number of nitrogens with zero attached hydrogens (tertiary/aromatic N) is 2. The first-order chi connectivity index (χ1) is 14.8. The van der Waals surface area contributed by atoms with Gasteiger partial charge in [0.15, 0.2) is 9.84 Å². The van der Waals surface area contributed by atoms with E-state index in [4.69, 9.17) is 11.6 Å². The van der Waals surface area contributed by atoms with Crippen molar-refractivity contribution in [3.05, 3.63) is 90.1 Å². The first-order valence-corrected chi connectivity index (χ1v) is 11.5. The fourth-order valence-electron chi connectivity index (χ4n) is 3.01. The summed E-state index contributed by atoms with van der Waals surface area (Å²) in [6.07, 6.45) is 4.16. The Labute approximate surface area is 185 Å². The lowest BCUT2D eigenvalue weighted by Crippen LogP contribution is -2.20. The van der Waals surface area contributed by atoms with Gasteiger partial charge in [0, 0.05) is 28.1 Å². The number of amides is 1. The minimum absolute atomic E-state index is 0.203. The van der Waals surface area contributed by atoms with Crippen molar-refractivity contribution in [2.45, 2.75) is 4.90 Å². The second-order valence-corrected chi connectivity index (χ2v) is 9.30.